The van der Waals surface area contributed by atoms with Gasteiger partial charge in [-0.1, -0.05) is 121 Å². The molecule has 1 atom stereocenters. The van der Waals surface area contributed by atoms with Gasteiger partial charge in [0.25, 0.3) is 0 Å². The zero-order chi connectivity index (χ0) is 35.9. The van der Waals surface area contributed by atoms with Crippen LogP contribution in [0.3, 0.4) is 0 Å². The Morgan fingerprint density at radius 2 is 1.12 bits per heavy atom. The summed E-state index contributed by atoms with van der Waals surface area (Å²) in [6, 6.07) is 19.3. The van der Waals surface area contributed by atoms with Crippen LogP contribution in [0.15, 0.2) is 66.9 Å². The first kappa shape index (κ1) is 41.0. The van der Waals surface area contributed by atoms with E-state index in [0.29, 0.717) is 24.8 Å². The number of rotatable bonds is 26. The largest absolute Gasteiger partial charge is 0.494 e. The molecule has 0 spiro atoms. The van der Waals surface area contributed by atoms with Gasteiger partial charge in [-0.15, -0.1) is 0 Å². The van der Waals surface area contributed by atoms with Gasteiger partial charge in [-0.2, -0.15) is 13.2 Å². The summed E-state index contributed by atoms with van der Waals surface area (Å²) in [6.07, 6.45) is 15.8. The molecule has 0 aliphatic carbocycles. The number of aromatic nitrogens is 1. The van der Waals surface area contributed by atoms with Crippen LogP contribution in [-0.2, 0) is 9.47 Å². The van der Waals surface area contributed by atoms with Crippen LogP contribution in [-0.4, -0.2) is 43.1 Å². The maximum atomic E-state index is 12.4. The molecule has 1 unspecified atom stereocenters. The monoisotopic (exact) mass is 697 g/mol. The molecule has 0 aliphatic rings. The Morgan fingerprint density at radius 1 is 0.620 bits per heavy atom. The minimum Gasteiger partial charge on any atom is -0.494 e. The number of carbonyl (C=O) groups is 1. The Bertz CT molecular complexity index is 1310. The van der Waals surface area contributed by atoms with E-state index in [2.05, 4.69) is 24.0 Å². The van der Waals surface area contributed by atoms with E-state index in [0.717, 1.165) is 54.5 Å². The van der Waals surface area contributed by atoms with Crippen LogP contribution in [0.2, 0.25) is 0 Å². The maximum absolute atomic E-state index is 12.4. The van der Waals surface area contributed by atoms with Crippen LogP contribution in [0.4, 0.5) is 13.2 Å². The van der Waals surface area contributed by atoms with Gasteiger partial charge in [0.2, 0.25) is 0 Å². The van der Waals surface area contributed by atoms with Gasteiger partial charge in [0.15, 0.2) is 6.10 Å². The lowest BCUT2D eigenvalue weighted by Crippen LogP contribution is -2.28. The number of carbonyl (C=O) groups excluding carboxylic acids is 1. The van der Waals surface area contributed by atoms with Gasteiger partial charge in [-0.3, -0.25) is 4.98 Å². The molecule has 3 rings (SSSR count). The molecule has 0 radical (unpaired) electrons. The van der Waals surface area contributed by atoms with E-state index >= 15 is 0 Å². The van der Waals surface area contributed by atoms with Crippen molar-refractivity contribution >= 4 is 5.97 Å². The topological polar surface area (TPSA) is 57.7 Å². The molecule has 5 nitrogen and oxygen atoms in total. The molecule has 0 fully saturated rings. The first-order valence-electron chi connectivity index (χ1n) is 18.9. The summed E-state index contributed by atoms with van der Waals surface area (Å²) in [5.41, 5.74) is 4.24. The van der Waals surface area contributed by atoms with Crippen molar-refractivity contribution in [2.45, 2.75) is 135 Å². The number of hydrogen-bond donors (Lipinski definition) is 0. The number of alkyl halides is 3. The highest BCUT2D eigenvalue weighted by Gasteiger charge is 2.36. The number of pyridine rings is 1. The summed E-state index contributed by atoms with van der Waals surface area (Å²) in [7, 11) is 0. The third-order valence-electron chi connectivity index (χ3n) is 8.98. The minimum atomic E-state index is -4.33. The number of nitrogens with zero attached hydrogens (tertiary/aromatic N) is 1. The summed E-state index contributed by atoms with van der Waals surface area (Å²) < 4.78 is 53.5. The highest BCUT2D eigenvalue weighted by atomic mass is 19.4. The number of benzene rings is 2. The number of ether oxygens (including phenoxy) is 3. The van der Waals surface area contributed by atoms with Crippen molar-refractivity contribution in [3.63, 3.8) is 0 Å². The van der Waals surface area contributed by atoms with Gasteiger partial charge >= 0.3 is 12.1 Å². The second-order valence-corrected chi connectivity index (χ2v) is 13.2. The first-order chi connectivity index (χ1) is 24.3. The van der Waals surface area contributed by atoms with Crippen LogP contribution < -0.4 is 4.74 Å². The highest BCUT2D eigenvalue weighted by molar-refractivity contribution is 5.90. The number of halogens is 3. The molecule has 0 aliphatic heterocycles. The minimum absolute atomic E-state index is 0.0620. The molecule has 0 N–H and O–H groups in total. The third-order valence-corrected chi connectivity index (χ3v) is 8.98. The zero-order valence-electron chi connectivity index (χ0n) is 30.3. The summed E-state index contributed by atoms with van der Waals surface area (Å²) >= 11 is 0. The lowest BCUT2D eigenvalue weighted by Gasteiger charge is -2.16. The fraction of sp³-hybridized carbons (Fsp3) is 0.571. The zero-order valence-corrected chi connectivity index (χ0v) is 30.3. The predicted octanol–water partition coefficient (Wildman–Crippen LogP) is 12.6. The standard InChI is InChI=1S/C42H58F3NO4/c1-3-4-5-6-7-8-9-10-11-12-13-14-18-31-49-39-27-24-35(25-28-39)38-26-29-40(46-33-38)36-20-22-37(23-21-36)41(47)50-32-19-16-15-17-30-48-34(2)42(43,44)45/h20-29,33-34H,3-19,30-32H2,1-2H3. The highest BCUT2D eigenvalue weighted by Crippen LogP contribution is 2.26. The number of hydrogen-bond acceptors (Lipinski definition) is 5. The quantitative estimate of drug-likeness (QED) is 0.0617. The predicted molar refractivity (Wildman–Crippen MR) is 197 cm³/mol. The molecule has 1 aromatic heterocycles. The van der Waals surface area contributed by atoms with Crippen molar-refractivity contribution in [1.29, 1.82) is 0 Å². The maximum Gasteiger partial charge on any atom is 0.414 e. The molecule has 0 bridgehead atoms. The van der Waals surface area contributed by atoms with Crippen LogP contribution >= 0.6 is 0 Å². The Hall–Kier alpha value is -3.39. The molecule has 1 heterocycles. The number of unbranched alkanes of at least 4 members (excludes halogenated alkanes) is 15. The average Bonchev–Trinajstić information content (AvgIpc) is 3.12. The van der Waals surface area contributed by atoms with E-state index in [-0.39, 0.29) is 13.2 Å². The van der Waals surface area contributed by atoms with E-state index in [1.54, 1.807) is 12.1 Å². The van der Waals surface area contributed by atoms with Gasteiger partial charge in [0.1, 0.15) is 5.75 Å². The summed E-state index contributed by atoms with van der Waals surface area (Å²) in [6.45, 7) is 4.35. The second-order valence-electron chi connectivity index (χ2n) is 13.2. The Labute approximate surface area is 298 Å². The van der Waals surface area contributed by atoms with Gasteiger partial charge in [-0.05, 0) is 68.5 Å². The lowest BCUT2D eigenvalue weighted by atomic mass is 10.0. The molecule has 2 aromatic carbocycles. The van der Waals surface area contributed by atoms with Crippen LogP contribution in [0.1, 0.15) is 133 Å². The number of esters is 1. The van der Waals surface area contributed by atoms with E-state index < -0.39 is 18.2 Å². The molecule has 0 saturated heterocycles. The van der Waals surface area contributed by atoms with Gasteiger partial charge in [0, 0.05) is 23.9 Å². The Kier molecular flexibility index (Phi) is 19.6. The normalized spacial score (nSPS) is 12.2. The molecule has 50 heavy (non-hydrogen) atoms. The van der Waals surface area contributed by atoms with E-state index in [1.807, 2.05) is 42.6 Å². The van der Waals surface area contributed by atoms with Crippen LogP contribution in [0, 0.1) is 0 Å². The molecular weight excluding hydrogens is 639 g/mol. The van der Waals surface area contributed by atoms with Crippen molar-refractivity contribution in [3.8, 4) is 28.1 Å². The van der Waals surface area contributed by atoms with Gasteiger partial charge < -0.3 is 14.2 Å². The Morgan fingerprint density at radius 3 is 1.66 bits per heavy atom. The van der Waals surface area contributed by atoms with E-state index in [9.17, 15) is 18.0 Å². The Balaban J connectivity index is 1.27. The third kappa shape index (κ3) is 16.5. The molecule has 3 aromatic rings. The van der Waals surface area contributed by atoms with Crippen molar-refractivity contribution in [2.75, 3.05) is 19.8 Å². The molecule has 276 valence electrons. The lowest BCUT2D eigenvalue weighted by molar-refractivity contribution is -0.214. The average molecular weight is 698 g/mol. The summed E-state index contributed by atoms with van der Waals surface area (Å²) in [5, 5.41) is 0. The van der Waals surface area contributed by atoms with Crippen molar-refractivity contribution in [2.24, 2.45) is 0 Å². The smallest absolute Gasteiger partial charge is 0.414 e. The SMILES string of the molecule is CCCCCCCCCCCCCCCOc1ccc(-c2ccc(-c3ccc(C(=O)OCCCCCCOC(C)C(F)(F)F)cc3)nc2)cc1. The fourth-order valence-corrected chi connectivity index (χ4v) is 5.73. The van der Waals surface area contributed by atoms with Crippen molar-refractivity contribution in [1.82, 2.24) is 4.98 Å². The van der Waals surface area contributed by atoms with Gasteiger partial charge in [-0.25, -0.2) is 4.79 Å². The van der Waals surface area contributed by atoms with Crippen molar-refractivity contribution < 1.29 is 32.2 Å². The van der Waals surface area contributed by atoms with Crippen LogP contribution in [0.25, 0.3) is 22.4 Å². The summed E-state index contributed by atoms with van der Waals surface area (Å²) in [4.78, 5) is 17.1. The van der Waals surface area contributed by atoms with E-state index in [1.165, 1.54) is 77.0 Å². The van der Waals surface area contributed by atoms with Crippen LogP contribution in [0.5, 0.6) is 5.75 Å². The second kappa shape index (κ2) is 23.9. The van der Waals surface area contributed by atoms with Gasteiger partial charge in [0.05, 0.1) is 24.5 Å². The molecule has 8 heteroatoms. The fourth-order valence-electron chi connectivity index (χ4n) is 5.73. The van der Waals surface area contributed by atoms with Crippen molar-refractivity contribution in [3.05, 3.63) is 72.4 Å². The first-order valence-corrected chi connectivity index (χ1v) is 18.9. The molecule has 0 saturated carbocycles. The summed E-state index contributed by atoms with van der Waals surface area (Å²) in [5.74, 6) is 0.484. The van der Waals surface area contributed by atoms with E-state index in [4.69, 9.17) is 14.2 Å². The molecule has 0 amide bonds. The molecular formula is C42H58F3NO4.